The molecule has 15 heavy (non-hydrogen) atoms. The summed E-state index contributed by atoms with van der Waals surface area (Å²) in [6.07, 6.45) is 5.31. The predicted molar refractivity (Wildman–Crippen MR) is 57.5 cm³/mol. The minimum absolute atomic E-state index is 0.0746. The quantitative estimate of drug-likeness (QED) is 0.677. The molecule has 90 valence electrons. The Morgan fingerprint density at radius 3 is 2.53 bits per heavy atom. The fraction of sp³-hybridized carbons (Fsp3) is 1.00. The molecule has 0 aromatic heterocycles. The van der Waals surface area contributed by atoms with Gasteiger partial charge in [-0.15, -0.1) is 4.20 Å². The van der Waals surface area contributed by atoms with Crippen LogP contribution in [0.3, 0.4) is 0 Å². The van der Waals surface area contributed by atoms with Gasteiger partial charge in [-0.1, -0.05) is 19.3 Å². The molecule has 0 bridgehead atoms. The lowest BCUT2D eigenvalue weighted by molar-refractivity contribution is 0.0818. The summed E-state index contributed by atoms with van der Waals surface area (Å²) < 4.78 is 33.7. The second kappa shape index (κ2) is 5.97. The lowest BCUT2D eigenvalue weighted by atomic mass is 9.86. The van der Waals surface area contributed by atoms with E-state index in [1.165, 1.54) is 6.42 Å². The molecular formula is C10H20FO3P. The molecule has 1 rings (SSSR count). The third kappa shape index (κ3) is 4.62. The Bertz CT molecular complexity index is 229. The summed E-state index contributed by atoms with van der Waals surface area (Å²) in [5.41, 5.74) is 0. The van der Waals surface area contributed by atoms with Gasteiger partial charge in [-0.05, 0) is 32.6 Å². The van der Waals surface area contributed by atoms with Gasteiger partial charge in [-0.3, -0.25) is 9.05 Å². The van der Waals surface area contributed by atoms with E-state index >= 15 is 0 Å². The van der Waals surface area contributed by atoms with E-state index in [0.29, 0.717) is 5.92 Å². The SMILES string of the molecule is CCOP(=O)(F)OC(C)C1CCCCC1. The van der Waals surface area contributed by atoms with Crippen molar-refractivity contribution in [2.75, 3.05) is 6.61 Å². The van der Waals surface area contributed by atoms with Gasteiger partial charge in [0.2, 0.25) is 0 Å². The van der Waals surface area contributed by atoms with Crippen LogP contribution in [0, 0.1) is 5.92 Å². The molecule has 2 atom stereocenters. The normalized spacial score (nSPS) is 24.7. The van der Waals surface area contributed by atoms with E-state index in [2.05, 4.69) is 4.52 Å². The average Bonchev–Trinajstić information content (AvgIpc) is 2.18. The highest BCUT2D eigenvalue weighted by Crippen LogP contribution is 2.52. The Morgan fingerprint density at radius 1 is 1.40 bits per heavy atom. The van der Waals surface area contributed by atoms with Gasteiger partial charge >= 0.3 is 7.91 Å². The minimum Gasteiger partial charge on any atom is -0.284 e. The van der Waals surface area contributed by atoms with Crippen molar-refractivity contribution in [3.05, 3.63) is 0 Å². The van der Waals surface area contributed by atoms with Crippen LogP contribution in [0.4, 0.5) is 4.20 Å². The topological polar surface area (TPSA) is 35.5 Å². The molecule has 3 nitrogen and oxygen atoms in total. The third-order valence-electron chi connectivity index (χ3n) is 2.89. The largest absolute Gasteiger partial charge is 0.513 e. The van der Waals surface area contributed by atoms with E-state index in [4.69, 9.17) is 4.52 Å². The monoisotopic (exact) mass is 238 g/mol. The molecule has 2 unspecified atom stereocenters. The Balaban J connectivity index is 2.39. The van der Waals surface area contributed by atoms with Gasteiger partial charge in [0.25, 0.3) is 0 Å². The number of rotatable bonds is 5. The predicted octanol–water partition coefficient (Wildman–Crippen LogP) is 4.09. The second-order valence-corrected chi connectivity index (χ2v) is 5.39. The van der Waals surface area contributed by atoms with Crippen molar-refractivity contribution in [2.45, 2.75) is 52.1 Å². The van der Waals surface area contributed by atoms with Crippen molar-refractivity contribution in [3.8, 4) is 0 Å². The highest BCUT2D eigenvalue weighted by Gasteiger charge is 2.30. The fourth-order valence-electron chi connectivity index (χ4n) is 2.07. The van der Waals surface area contributed by atoms with Gasteiger partial charge in [-0.25, -0.2) is 4.57 Å². The molecule has 1 saturated carbocycles. The molecule has 0 aromatic carbocycles. The molecule has 0 spiro atoms. The first-order chi connectivity index (χ1) is 7.05. The van der Waals surface area contributed by atoms with Crippen LogP contribution in [0.15, 0.2) is 0 Å². The lowest BCUT2D eigenvalue weighted by Crippen LogP contribution is -2.22. The molecule has 0 saturated heterocycles. The fourth-order valence-corrected chi connectivity index (χ4v) is 3.01. The Hall–Kier alpha value is 0.0800. The summed E-state index contributed by atoms with van der Waals surface area (Å²) in [6.45, 7) is 3.45. The molecule has 0 N–H and O–H groups in total. The van der Waals surface area contributed by atoms with Crippen molar-refractivity contribution < 1.29 is 17.8 Å². The highest BCUT2D eigenvalue weighted by molar-refractivity contribution is 7.48. The Kier molecular flexibility index (Phi) is 5.24. The molecule has 0 aromatic rings. The zero-order chi connectivity index (χ0) is 11.3. The number of hydrogen-bond donors (Lipinski definition) is 0. The van der Waals surface area contributed by atoms with Crippen LogP contribution in [-0.2, 0) is 13.6 Å². The van der Waals surface area contributed by atoms with Gasteiger partial charge in [0, 0.05) is 0 Å². The van der Waals surface area contributed by atoms with E-state index in [0.717, 1.165) is 25.7 Å². The smallest absolute Gasteiger partial charge is 0.284 e. The molecule has 5 heteroatoms. The first-order valence-corrected chi connectivity index (χ1v) is 7.11. The third-order valence-corrected chi connectivity index (χ3v) is 4.04. The van der Waals surface area contributed by atoms with Crippen LogP contribution in [-0.4, -0.2) is 12.7 Å². The van der Waals surface area contributed by atoms with Crippen molar-refractivity contribution in [3.63, 3.8) is 0 Å². The zero-order valence-electron chi connectivity index (χ0n) is 9.45. The summed E-state index contributed by atoms with van der Waals surface area (Å²) in [5, 5.41) is 0. The van der Waals surface area contributed by atoms with Crippen molar-refractivity contribution >= 4 is 7.91 Å². The van der Waals surface area contributed by atoms with Crippen LogP contribution >= 0.6 is 7.91 Å². The second-order valence-electron chi connectivity index (χ2n) is 4.06. The highest BCUT2D eigenvalue weighted by atomic mass is 31.2. The molecule has 1 fully saturated rings. The van der Waals surface area contributed by atoms with Gasteiger partial charge in [0.1, 0.15) is 0 Å². The van der Waals surface area contributed by atoms with Gasteiger partial charge in [0.15, 0.2) is 0 Å². The summed E-state index contributed by atoms with van der Waals surface area (Å²) in [7, 11) is -4.32. The summed E-state index contributed by atoms with van der Waals surface area (Å²) in [6, 6.07) is 0. The molecular weight excluding hydrogens is 218 g/mol. The van der Waals surface area contributed by atoms with E-state index in [1.807, 2.05) is 0 Å². The maximum atomic E-state index is 13.2. The van der Waals surface area contributed by atoms with Crippen LogP contribution in [0.2, 0.25) is 0 Å². The lowest BCUT2D eigenvalue weighted by Gasteiger charge is -2.27. The van der Waals surface area contributed by atoms with Crippen molar-refractivity contribution in [2.24, 2.45) is 5.92 Å². The van der Waals surface area contributed by atoms with E-state index in [9.17, 15) is 8.76 Å². The van der Waals surface area contributed by atoms with Crippen LogP contribution < -0.4 is 0 Å². The molecule has 0 radical (unpaired) electrons. The minimum atomic E-state index is -4.32. The van der Waals surface area contributed by atoms with E-state index in [-0.39, 0.29) is 12.7 Å². The standard InChI is InChI=1S/C10H20FO3P/c1-3-13-15(11,12)14-9(2)10-7-5-4-6-8-10/h9-10H,3-8H2,1-2H3. The summed E-state index contributed by atoms with van der Waals surface area (Å²) in [5.74, 6) is 0.322. The molecule has 0 heterocycles. The molecule has 0 amide bonds. The maximum absolute atomic E-state index is 13.2. The maximum Gasteiger partial charge on any atom is 0.513 e. The Labute approximate surface area is 91.0 Å². The summed E-state index contributed by atoms with van der Waals surface area (Å²) in [4.78, 5) is 0. The van der Waals surface area contributed by atoms with Crippen LogP contribution in [0.1, 0.15) is 46.0 Å². The average molecular weight is 238 g/mol. The Morgan fingerprint density at radius 2 is 2.00 bits per heavy atom. The molecule has 1 aliphatic rings. The van der Waals surface area contributed by atoms with Crippen LogP contribution in [0.25, 0.3) is 0 Å². The van der Waals surface area contributed by atoms with E-state index < -0.39 is 7.91 Å². The first kappa shape index (κ1) is 13.1. The van der Waals surface area contributed by atoms with Crippen molar-refractivity contribution in [1.29, 1.82) is 0 Å². The van der Waals surface area contributed by atoms with Crippen molar-refractivity contribution in [1.82, 2.24) is 0 Å². The van der Waals surface area contributed by atoms with Gasteiger partial charge < -0.3 is 0 Å². The first-order valence-electron chi connectivity index (χ1n) is 5.68. The van der Waals surface area contributed by atoms with Gasteiger partial charge in [0.05, 0.1) is 12.7 Å². The molecule has 1 aliphatic carbocycles. The summed E-state index contributed by atoms with van der Waals surface area (Å²) >= 11 is 0. The van der Waals surface area contributed by atoms with Gasteiger partial charge in [-0.2, -0.15) is 0 Å². The van der Waals surface area contributed by atoms with Crippen LogP contribution in [0.5, 0.6) is 0 Å². The molecule has 0 aliphatic heterocycles. The van der Waals surface area contributed by atoms with E-state index in [1.54, 1.807) is 13.8 Å². The zero-order valence-corrected chi connectivity index (χ0v) is 10.3. The number of halogens is 1. The number of hydrogen-bond acceptors (Lipinski definition) is 3.